The van der Waals surface area contributed by atoms with Gasteiger partial charge >= 0.3 is 0 Å². The van der Waals surface area contributed by atoms with Crippen LogP contribution in [-0.2, 0) is 10.0 Å². The van der Waals surface area contributed by atoms with E-state index in [1.54, 1.807) is 23.6 Å². The third kappa shape index (κ3) is 4.81. The Morgan fingerprint density at radius 1 is 1.11 bits per heavy atom. The highest BCUT2D eigenvalue weighted by molar-refractivity contribution is 7.94. The van der Waals surface area contributed by atoms with E-state index < -0.39 is 15.9 Å². The normalized spacial score (nSPS) is 12.4. The summed E-state index contributed by atoms with van der Waals surface area (Å²) in [5, 5.41) is 21.5. The fourth-order valence-corrected chi connectivity index (χ4v) is 4.39. The highest BCUT2D eigenvalue weighted by Crippen LogP contribution is 2.22. The van der Waals surface area contributed by atoms with Crippen molar-refractivity contribution in [3.63, 3.8) is 0 Å². The van der Waals surface area contributed by atoms with E-state index in [2.05, 4.69) is 14.9 Å². The van der Waals surface area contributed by atoms with Gasteiger partial charge in [-0.05, 0) is 30.0 Å². The van der Waals surface area contributed by atoms with Gasteiger partial charge in [-0.25, -0.2) is 8.42 Å². The zero-order chi connectivity index (χ0) is 19.3. The van der Waals surface area contributed by atoms with Gasteiger partial charge in [0.15, 0.2) is 0 Å². The van der Waals surface area contributed by atoms with Crippen molar-refractivity contribution in [1.82, 2.24) is 0 Å². The maximum absolute atomic E-state index is 12.4. The van der Waals surface area contributed by atoms with Crippen molar-refractivity contribution < 1.29 is 13.5 Å². The van der Waals surface area contributed by atoms with Gasteiger partial charge in [0, 0.05) is 11.5 Å². The average molecular weight is 398 g/mol. The number of rotatable bonds is 6. The second-order valence-corrected chi connectivity index (χ2v) is 8.50. The van der Waals surface area contributed by atoms with Gasteiger partial charge in [0.25, 0.3) is 10.0 Å². The van der Waals surface area contributed by atoms with Crippen molar-refractivity contribution in [1.29, 1.82) is 0 Å². The standard InChI is InChI=1S/C19H17N3O3S2/c1-14-6-4-7-15(12-14)13-20-21-19(23)16-8-2-3-9-17(16)22-27(24,25)18-10-5-11-26-18/h2-13,22H,1H3,(H,21,23)/p-1/b20-13-. The maximum Gasteiger partial charge on any atom is 0.271 e. The van der Waals surface area contributed by atoms with Crippen LogP contribution in [0, 0.1) is 6.92 Å². The molecule has 2 aromatic carbocycles. The summed E-state index contributed by atoms with van der Waals surface area (Å²) in [5.74, 6) is -0.636. The van der Waals surface area contributed by atoms with Crippen molar-refractivity contribution in [3.05, 3.63) is 82.7 Å². The summed E-state index contributed by atoms with van der Waals surface area (Å²) in [4.78, 5) is 0. The Morgan fingerprint density at radius 2 is 1.93 bits per heavy atom. The van der Waals surface area contributed by atoms with Gasteiger partial charge in [-0.3, -0.25) is 4.72 Å². The number of thiophene rings is 1. The number of aryl methyl sites for hydroxylation is 1. The van der Waals surface area contributed by atoms with Gasteiger partial charge in [-0.15, -0.1) is 11.3 Å². The van der Waals surface area contributed by atoms with Crippen molar-refractivity contribution in [2.45, 2.75) is 11.1 Å². The van der Waals surface area contributed by atoms with Crippen LogP contribution in [-0.4, -0.2) is 20.5 Å². The van der Waals surface area contributed by atoms with Crippen molar-refractivity contribution >= 4 is 39.2 Å². The van der Waals surface area contributed by atoms with Crippen molar-refractivity contribution in [2.75, 3.05) is 4.72 Å². The van der Waals surface area contributed by atoms with Crippen LogP contribution in [0.15, 0.2) is 80.5 Å². The molecule has 0 saturated carbocycles. The number of nitrogens with zero attached hydrogens (tertiary/aromatic N) is 2. The number of hydrogen-bond acceptors (Lipinski definition) is 6. The van der Waals surface area contributed by atoms with E-state index in [0.29, 0.717) is 0 Å². The summed E-state index contributed by atoms with van der Waals surface area (Å²) in [6.45, 7) is 1.95. The molecule has 0 unspecified atom stereocenters. The molecule has 27 heavy (non-hydrogen) atoms. The lowest BCUT2D eigenvalue weighted by Gasteiger charge is -2.15. The number of hydrogen-bond donors (Lipinski definition) is 1. The van der Waals surface area contributed by atoms with E-state index in [1.165, 1.54) is 24.4 Å². The molecule has 1 heterocycles. The Balaban J connectivity index is 1.84. The third-order valence-corrected chi connectivity index (χ3v) is 6.32. The quantitative estimate of drug-likeness (QED) is 0.393. The smallest absolute Gasteiger partial charge is 0.271 e. The van der Waals surface area contributed by atoms with E-state index in [-0.39, 0.29) is 15.5 Å². The van der Waals surface area contributed by atoms with E-state index in [0.717, 1.165) is 22.5 Å². The van der Waals surface area contributed by atoms with Crippen LogP contribution in [0.4, 0.5) is 5.69 Å². The summed E-state index contributed by atoms with van der Waals surface area (Å²) in [6.07, 6.45) is 1.48. The fourth-order valence-electron chi connectivity index (χ4n) is 2.32. The van der Waals surface area contributed by atoms with Gasteiger partial charge in [0.1, 0.15) is 4.21 Å². The molecule has 0 spiro atoms. The summed E-state index contributed by atoms with van der Waals surface area (Å²) < 4.78 is 27.4. The lowest BCUT2D eigenvalue weighted by Crippen LogP contribution is -2.22. The van der Waals surface area contributed by atoms with Gasteiger partial charge in [0.2, 0.25) is 0 Å². The Morgan fingerprint density at radius 3 is 2.67 bits per heavy atom. The SMILES string of the molecule is Cc1cccc(/C=N\N=C([O-])c2ccccc2NS(=O)(=O)c2cccs2)c1. The van der Waals surface area contributed by atoms with Crippen molar-refractivity contribution in [3.8, 4) is 0 Å². The van der Waals surface area contributed by atoms with Gasteiger partial charge in [-0.2, -0.15) is 10.2 Å². The molecule has 0 aliphatic heterocycles. The summed E-state index contributed by atoms with van der Waals surface area (Å²) in [7, 11) is -3.76. The highest BCUT2D eigenvalue weighted by Gasteiger charge is 2.16. The molecule has 6 nitrogen and oxygen atoms in total. The van der Waals surface area contributed by atoms with E-state index >= 15 is 0 Å². The molecule has 0 atom stereocenters. The Hall–Kier alpha value is -2.97. The highest BCUT2D eigenvalue weighted by atomic mass is 32.2. The molecule has 1 N–H and O–H groups in total. The molecule has 3 rings (SSSR count). The summed E-state index contributed by atoms with van der Waals surface area (Å²) >= 11 is 1.09. The van der Waals surface area contributed by atoms with Gasteiger partial charge in [0.05, 0.1) is 11.9 Å². The molecule has 0 saturated heterocycles. The predicted molar refractivity (Wildman–Crippen MR) is 107 cm³/mol. The number of para-hydroxylation sites is 1. The number of nitrogens with one attached hydrogen (secondary N) is 1. The molecule has 0 aliphatic rings. The predicted octanol–water partition coefficient (Wildman–Crippen LogP) is 3.00. The Labute approximate surface area is 161 Å². The molecule has 3 aromatic rings. The monoisotopic (exact) mass is 398 g/mol. The molecule has 0 amide bonds. The second-order valence-electron chi connectivity index (χ2n) is 5.65. The first-order chi connectivity index (χ1) is 13.0. The Kier molecular flexibility index (Phi) is 5.68. The molecular weight excluding hydrogens is 382 g/mol. The van der Waals surface area contributed by atoms with E-state index in [9.17, 15) is 13.5 Å². The lowest BCUT2D eigenvalue weighted by molar-refractivity contribution is -0.213. The summed E-state index contributed by atoms with van der Waals surface area (Å²) in [5.41, 5.74) is 2.17. The maximum atomic E-state index is 12.4. The van der Waals surface area contributed by atoms with Crippen LogP contribution in [0.3, 0.4) is 0 Å². The van der Waals surface area contributed by atoms with Gasteiger partial charge < -0.3 is 5.11 Å². The largest absolute Gasteiger partial charge is 0.857 e. The molecule has 0 aliphatic carbocycles. The molecule has 1 aromatic heterocycles. The minimum absolute atomic E-state index is 0.124. The Bertz CT molecular complexity index is 1090. The first-order valence-corrected chi connectivity index (χ1v) is 10.3. The third-order valence-electron chi connectivity index (χ3n) is 3.56. The van der Waals surface area contributed by atoms with Gasteiger partial charge in [-0.1, -0.05) is 54.1 Å². The van der Waals surface area contributed by atoms with Crippen LogP contribution >= 0.6 is 11.3 Å². The molecule has 8 heteroatoms. The fraction of sp³-hybridized carbons (Fsp3) is 0.0526. The van der Waals surface area contributed by atoms with Crippen LogP contribution < -0.4 is 9.83 Å². The first-order valence-electron chi connectivity index (χ1n) is 7.96. The minimum Gasteiger partial charge on any atom is -0.857 e. The topological polar surface area (TPSA) is 93.9 Å². The molecular formula is C19H16N3O3S2-. The van der Waals surface area contributed by atoms with E-state index in [4.69, 9.17) is 0 Å². The number of anilines is 1. The zero-order valence-corrected chi connectivity index (χ0v) is 16.0. The lowest BCUT2D eigenvalue weighted by atomic mass is 10.2. The molecule has 0 bridgehead atoms. The molecule has 0 fully saturated rings. The summed E-state index contributed by atoms with van der Waals surface area (Å²) in [6, 6.07) is 17.0. The minimum atomic E-state index is -3.76. The average Bonchev–Trinajstić information content (AvgIpc) is 3.17. The van der Waals surface area contributed by atoms with Crippen LogP contribution in [0.2, 0.25) is 0 Å². The van der Waals surface area contributed by atoms with Crippen LogP contribution in [0.25, 0.3) is 0 Å². The first kappa shape index (κ1) is 18.8. The molecule has 138 valence electrons. The van der Waals surface area contributed by atoms with Crippen molar-refractivity contribution in [2.24, 2.45) is 10.2 Å². The van der Waals surface area contributed by atoms with E-state index in [1.807, 2.05) is 31.2 Å². The number of sulfonamides is 1. The van der Waals surface area contributed by atoms with Crippen LogP contribution in [0.5, 0.6) is 0 Å². The van der Waals surface area contributed by atoms with Crippen LogP contribution in [0.1, 0.15) is 16.7 Å². The zero-order valence-electron chi connectivity index (χ0n) is 14.4. The molecule has 0 radical (unpaired) electrons. The number of benzene rings is 2. The second kappa shape index (κ2) is 8.15.